The molecule has 1 heterocycles. The van der Waals surface area contributed by atoms with Crippen LogP contribution in [0.1, 0.15) is 19.3 Å². The Labute approximate surface area is 96.3 Å². The number of nitrogens with zero attached hydrogens (tertiary/aromatic N) is 2. The summed E-state index contributed by atoms with van der Waals surface area (Å²) >= 11 is 2.19. The second-order valence-corrected chi connectivity index (χ2v) is 4.80. The first-order chi connectivity index (χ1) is 6.76. The molecule has 0 aromatic carbocycles. The molecule has 0 unspecified atom stereocenters. The van der Waals surface area contributed by atoms with E-state index >= 15 is 0 Å². The maximum atomic E-state index is 9.28. The monoisotopic (exact) mass is 305 g/mol. The Kier molecular flexibility index (Phi) is 2.87. The van der Waals surface area contributed by atoms with Crippen LogP contribution < -0.4 is 5.32 Å². The number of rotatable bonds is 3. The van der Waals surface area contributed by atoms with E-state index in [4.69, 9.17) is 0 Å². The molecule has 0 radical (unpaired) electrons. The van der Waals surface area contributed by atoms with Crippen LogP contribution in [0.5, 0.6) is 0 Å². The van der Waals surface area contributed by atoms with Gasteiger partial charge < -0.3 is 10.4 Å². The summed E-state index contributed by atoms with van der Waals surface area (Å²) in [7, 11) is 0. The second kappa shape index (κ2) is 3.98. The quantitative estimate of drug-likeness (QED) is 0.829. The topological polar surface area (TPSA) is 58.0 Å². The lowest BCUT2D eigenvalue weighted by molar-refractivity contribution is 0.143. The molecule has 76 valence electrons. The summed E-state index contributed by atoms with van der Waals surface area (Å²) in [6, 6.07) is 0. The molecular formula is C9H12IN3O. The van der Waals surface area contributed by atoms with Crippen molar-refractivity contribution < 1.29 is 5.11 Å². The summed E-state index contributed by atoms with van der Waals surface area (Å²) in [5.74, 6) is 0.828. The maximum Gasteiger partial charge on any atom is 0.143 e. The van der Waals surface area contributed by atoms with Crippen LogP contribution in [0, 0.1) is 3.57 Å². The third kappa shape index (κ3) is 1.83. The lowest BCUT2D eigenvalue weighted by Gasteiger charge is -2.41. The van der Waals surface area contributed by atoms with E-state index in [1.165, 1.54) is 12.7 Å². The predicted molar refractivity (Wildman–Crippen MR) is 62.0 cm³/mol. The number of hydrogen-bond donors (Lipinski definition) is 2. The molecule has 0 amide bonds. The normalized spacial score (nSPS) is 18.7. The summed E-state index contributed by atoms with van der Waals surface area (Å²) in [5, 5.41) is 12.6. The minimum Gasteiger partial charge on any atom is -0.394 e. The van der Waals surface area contributed by atoms with Crippen LogP contribution in [0.15, 0.2) is 12.5 Å². The van der Waals surface area contributed by atoms with Gasteiger partial charge in [-0.25, -0.2) is 9.97 Å². The van der Waals surface area contributed by atoms with Crippen molar-refractivity contribution >= 4 is 28.4 Å². The fraction of sp³-hybridized carbons (Fsp3) is 0.556. The zero-order chi connectivity index (χ0) is 10.0. The van der Waals surface area contributed by atoms with Crippen molar-refractivity contribution in [3.8, 4) is 0 Å². The second-order valence-electron chi connectivity index (χ2n) is 3.64. The number of aliphatic hydroxyl groups excluding tert-OH is 1. The van der Waals surface area contributed by atoms with Crippen LogP contribution in [0.25, 0.3) is 0 Å². The predicted octanol–water partition coefficient (Wildman–Crippen LogP) is 1.41. The molecule has 0 saturated heterocycles. The molecule has 2 N–H and O–H groups in total. The number of hydrogen-bond acceptors (Lipinski definition) is 4. The first kappa shape index (κ1) is 10.1. The van der Waals surface area contributed by atoms with Crippen molar-refractivity contribution in [3.63, 3.8) is 0 Å². The van der Waals surface area contributed by atoms with Crippen molar-refractivity contribution in [2.45, 2.75) is 24.8 Å². The number of nitrogens with one attached hydrogen (secondary N) is 1. The molecule has 2 rings (SSSR count). The van der Waals surface area contributed by atoms with Crippen LogP contribution in [0.4, 0.5) is 5.82 Å². The zero-order valence-corrected chi connectivity index (χ0v) is 9.86. The largest absolute Gasteiger partial charge is 0.394 e. The zero-order valence-electron chi connectivity index (χ0n) is 7.70. The lowest BCUT2D eigenvalue weighted by Crippen LogP contribution is -2.48. The molecule has 0 aliphatic heterocycles. The minimum absolute atomic E-state index is 0.131. The Morgan fingerprint density at radius 2 is 2.36 bits per heavy atom. The Balaban J connectivity index is 2.13. The van der Waals surface area contributed by atoms with Gasteiger partial charge in [0.25, 0.3) is 0 Å². The van der Waals surface area contributed by atoms with E-state index in [2.05, 4.69) is 37.9 Å². The Hall–Kier alpha value is -0.430. The molecule has 0 bridgehead atoms. The van der Waals surface area contributed by atoms with Crippen LogP contribution in [0.2, 0.25) is 0 Å². The maximum absolute atomic E-state index is 9.28. The minimum atomic E-state index is -0.131. The van der Waals surface area contributed by atoms with Crippen LogP contribution >= 0.6 is 22.6 Å². The first-order valence-electron chi connectivity index (χ1n) is 4.60. The summed E-state index contributed by atoms with van der Waals surface area (Å²) in [5.41, 5.74) is -0.131. The van der Waals surface area contributed by atoms with Gasteiger partial charge in [0.05, 0.1) is 15.7 Å². The van der Waals surface area contributed by atoms with Crippen molar-refractivity contribution in [1.82, 2.24) is 9.97 Å². The van der Waals surface area contributed by atoms with E-state index in [0.29, 0.717) is 0 Å². The highest BCUT2D eigenvalue weighted by molar-refractivity contribution is 14.1. The average Bonchev–Trinajstić information content (AvgIpc) is 2.14. The Morgan fingerprint density at radius 3 is 2.86 bits per heavy atom. The number of aliphatic hydroxyl groups is 1. The van der Waals surface area contributed by atoms with Gasteiger partial charge in [0, 0.05) is 6.20 Å². The summed E-state index contributed by atoms with van der Waals surface area (Å²) in [6.45, 7) is 0.174. The van der Waals surface area contributed by atoms with E-state index in [-0.39, 0.29) is 12.1 Å². The van der Waals surface area contributed by atoms with Gasteiger partial charge in [-0.05, 0) is 41.9 Å². The number of halogens is 1. The molecule has 1 saturated carbocycles. The first-order valence-corrected chi connectivity index (χ1v) is 5.68. The van der Waals surface area contributed by atoms with Gasteiger partial charge in [0.15, 0.2) is 0 Å². The molecule has 1 aliphatic carbocycles. The summed E-state index contributed by atoms with van der Waals surface area (Å²) in [6.07, 6.45) is 6.50. The molecular weight excluding hydrogens is 293 g/mol. The van der Waals surface area contributed by atoms with E-state index in [1.54, 1.807) is 6.20 Å². The molecule has 1 aromatic heterocycles. The smallest absolute Gasteiger partial charge is 0.143 e. The molecule has 5 heteroatoms. The molecule has 14 heavy (non-hydrogen) atoms. The van der Waals surface area contributed by atoms with Crippen molar-refractivity contribution in [1.29, 1.82) is 0 Å². The van der Waals surface area contributed by atoms with E-state index in [9.17, 15) is 5.11 Å². The van der Waals surface area contributed by atoms with Crippen LogP contribution in [-0.4, -0.2) is 27.2 Å². The van der Waals surface area contributed by atoms with Gasteiger partial charge in [-0.2, -0.15) is 0 Å². The third-order valence-electron chi connectivity index (χ3n) is 2.66. The highest BCUT2D eigenvalue weighted by Gasteiger charge is 2.36. The fourth-order valence-corrected chi connectivity index (χ4v) is 2.02. The standard InChI is InChI=1S/C9H12IN3O/c10-7-4-11-6-12-8(7)13-9(5-14)2-1-3-9/h4,6,14H,1-3,5H2,(H,11,12,13). The van der Waals surface area contributed by atoms with Gasteiger partial charge in [0.2, 0.25) is 0 Å². The Morgan fingerprint density at radius 1 is 1.57 bits per heavy atom. The van der Waals surface area contributed by atoms with E-state index < -0.39 is 0 Å². The highest BCUT2D eigenvalue weighted by Crippen LogP contribution is 2.35. The van der Waals surface area contributed by atoms with Crippen LogP contribution in [-0.2, 0) is 0 Å². The molecule has 1 aliphatic rings. The fourth-order valence-electron chi connectivity index (χ4n) is 1.58. The molecule has 1 fully saturated rings. The van der Waals surface area contributed by atoms with Gasteiger partial charge in [-0.3, -0.25) is 0 Å². The van der Waals surface area contributed by atoms with E-state index in [1.807, 2.05) is 0 Å². The number of anilines is 1. The molecule has 4 nitrogen and oxygen atoms in total. The molecule has 0 spiro atoms. The molecule has 0 atom stereocenters. The molecule has 1 aromatic rings. The van der Waals surface area contributed by atoms with Gasteiger partial charge in [-0.15, -0.1) is 0 Å². The van der Waals surface area contributed by atoms with Crippen molar-refractivity contribution in [2.24, 2.45) is 0 Å². The average molecular weight is 305 g/mol. The summed E-state index contributed by atoms with van der Waals surface area (Å²) < 4.78 is 0.991. The van der Waals surface area contributed by atoms with Crippen LogP contribution in [0.3, 0.4) is 0 Å². The summed E-state index contributed by atoms with van der Waals surface area (Å²) in [4.78, 5) is 8.08. The van der Waals surface area contributed by atoms with Gasteiger partial charge in [-0.1, -0.05) is 0 Å². The lowest BCUT2D eigenvalue weighted by atomic mass is 9.77. The number of aromatic nitrogens is 2. The van der Waals surface area contributed by atoms with Gasteiger partial charge in [0.1, 0.15) is 12.1 Å². The third-order valence-corrected chi connectivity index (χ3v) is 3.45. The highest BCUT2D eigenvalue weighted by atomic mass is 127. The van der Waals surface area contributed by atoms with Crippen molar-refractivity contribution in [2.75, 3.05) is 11.9 Å². The van der Waals surface area contributed by atoms with Gasteiger partial charge >= 0.3 is 0 Å². The SMILES string of the molecule is OCC1(Nc2ncncc2I)CCC1. The van der Waals surface area contributed by atoms with E-state index in [0.717, 1.165) is 22.2 Å². The Bertz CT molecular complexity index is 322. The van der Waals surface area contributed by atoms with Crippen molar-refractivity contribution in [3.05, 3.63) is 16.1 Å².